The summed E-state index contributed by atoms with van der Waals surface area (Å²) < 4.78 is 18.5. The molecule has 2 N–H and O–H groups in total. The zero-order valence-corrected chi connectivity index (χ0v) is 16.8. The summed E-state index contributed by atoms with van der Waals surface area (Å²) in [6.45, 7) is 0.776. The summed E-state index contributed by atoms with van der Waals surface area (Å²) in [6, 6.07) is 14.9. The molecular formula is C23H27FN2O4. The first-order valence-electron chi connectivity index (χ1n) is 10.2. The molecule has 0 saturated heterocycles. The number of nitrogens with zero attached hydrogens (tertiary/aromatic N) is 1. The lowest BCUT2D eigenvalue weighted by molar-refractivity contribution is -0.142. The zero-order chi connectivity index (χ0) is 21.3. The van der Waals surface area contributed by atoms with Crippen LogP contribution in [0.25, 0.3) is 0 Å². The monoisotopic (exact) mass is 414 g/mol. The van der Waals surface area contributed by atoms with Gasteiger partial charge in [-0.05, 0) is 73.9 Å². The number of carboxylic acids is 1. The minimum absolute atomic E-state index is 0.250. The third-order valence-corrected chi connectivity index (χ3v) is 5.39. The van der Waals surface area contributed by atoms with Gasteiger partial charge in [-0.25, -0.2) is 14.0 Å². The van der Waals surface area contributed by atoms with E-state index in [1.165, 1.54) is 12.1 Å². The van der Waals surface area contributed by atoms with Crippen molar-refractivity contribution in [3.8, 4) is 0 Å². The number of nitrogens with one attached hydrogen (secondary N) is 1. The fraction of sp³-hybridized carbons (Fsp3) is 0.391. The number of urea groups is 1. The Kier molecular flexibility index (Phi) is 7.79. The van der Waals surface area contributed by atoms with Crippen molar-refractivity contribution in [2.24, 2.45) is 11.8 Å². The second-order valence-electron chi connectivity index (χ2n) is 7.63. The molecule has 2 aromatic rings. The van der Waals surface area contributed by atoms with Gasteiger partial charge in [0.05, 0.1) is 18.0 Å². The van der Waals surface area contributed by atoms with E-state index in [1.807, 2.05) is 30.3 Å². The van der Waals surface area contributed by atoms with Gasteiger partial charge in [0.15, 0.2) is 0 Å². The van der Waals surface area contributed by atoms with Crippen molar-refractivity contribution in [3.05, 3.63) is 60.4 Å². The minimum atomic E-state index is -0.949. The van der Waals surface area contributed by atoms with E-state index >= 15 is 0 Å². The van der Waals surface area contributed by atoms with Crippen molar-refractivity contribution in [2.75, 3.05) is 24.7 Å². The highest BCUT2D eigenvalue weighted by Crippen LogP contribution is 2.29. The number of amides is 2. The Bertz CT molecular complexity index is 821. The van der Waals surface area contributed by atoms with E-state index in [2.05, 4.69) is 5.32 Å². The van der Waals surface area contributed by atoms with E-state index in [1.54, 1.807) is 17.0 Å². The van der Waals surface area contributed by atoms with Crippen molar-refractivity contribution in [1.82, 2.24) is 5.32 Å². The summed E-state index contributed by atoms with van der Waals surface area (Å²) >= 11 is 0. The number of rotatable bonds is 8. The second kappa shape index (κ2) is 10.7. The molecule has 0 radical (unpaired) electrons. The SMILES string of the molecule is O=C(O)COCC1CCC(CNC(=O)N(c2ccccc2)c2ccc(F)cc2)CC1. The van der Waals surface area contributed by atoms with E-state index in [0.717, 1.165) is 25.7 Å². The number of ether oxygens (including phenoxy) is 1. The number of carboxylic acid groups (broad SMARTS) is 1. The molecule has 7 heteroatoms. The summed E-state index contributed by atoms with van der Waals surface area (Å²) in [5, 5.41) is 11.7. The molecule has 0 unspecified atom stereocenters. The Morgan fingerprint density at radius 2 is 1.57 bits per heavy atom. The topological polar surface area (TPSA) is 78.9 Å². The first-order valence-corrected chi connectivity index (χ1v) is 10.2. The fourth-order valence-corrected chi connectivity index (χ4v) is 3.78. The predicted molar refractivity (Wildman–Crippen MR) is 112 cm³/mol. The lowest BCUT2D eigenvalue weighted by Crippen LogP contribution is -2.40. The Morgan fingerprint density at radius 1 is 0.967 bits per heavy atom. The number of anilines is 2. The Balaban J connectivity index is 1.54. The molecule has 1 saturated carbocycles. The number of carbonyl (C=O) groups is 2. The van der Waals surface area contributed by atoms with Crippen LogP contribution in [0.2, 0.25) is 0 Å². The van der Waals surface area contributed by atoms with Crippen molar-refractivity contribution in [1.29, 1.82) is 0 Å². The maximum absolute atomic E-state index is 13.3. The molecule has 1 aliphatic carbocycles. The summed E-state index contributed by atoms with van der Waals surface area (Å²) in [7, 11) is 0. The molecule has 0 atom stereocenters. The van der Waals surface area contributed by atoms with Crippen LogP contribution in [-0.4, -0.2) is 36.9 Å². The third-order valence-electron chi connectivity index (χ3n) is 5.39. The highest BCUT2D eigenvalue weighted by Gasteiger charge is 2.24. The van der Waals surface area contributed by atoms with E-state index in [-0.39, 0.29) is 18.5 Å². The normalized spacial score (nSPS) is 18.6. The van der Waals surface area contributed by atoms with Gasteiger partial charge in [0.2, 0.25) is 0 Å². The quantitative estimate of drug-likeness (QED) is 0.663. The van der Waals surface area contributed by atoms with Crippen LogP contribution in [0.4, 0.5) is 20.6 Å². The van der Waals surface area contributed by atoms with Gasteiger partial charge in [0, 0.05) is 6.54 Å². The third kappa shape index (κ3) is 6.29. The van der Waals surface area contributed by atoms with Crippen molar-refractivity contribution >= 4 is 23.4 Å². The van der Waals surface area contributed by atoms with Crippen LogP contribution in [0.15, 0.2) is 54.6 Å². The summed E-state index contributed by atoms with van der Waals surface area (Å²) in [5.74, 6) is -0.557. The number of benzene rings is 2. The van der Waals surface area contributed by atoms with Gasteiger partial charge in [-0.2, -0.15) is 0 Å². The Morgan fingerprint density at radius 3 is 2.20 bits per heavy atom. The van der Waals surface area contributed by atoms with Crippen LogP contribution in [0.3, 0.4) is 0 Å². The molecule has 2 amide bonds. The number of hydrogen-bond acceptors (Lipinski definition) is 3. The Labute approximate surface area is 175 Å². The largest absolute Gasteiger partial charge is 0.480 e. The van der Waals surface area contributed by atoms with Gasteiger partial charge in [0.1, 0.15) is 12.4 Å². The average molecular weight is 414 g/mol. The van der Waals surface area contributed by atoms with Gasteiger partial charge in [-0.3, -0.25) is 4.90 Å². The van der Waals surface area contributed by atoms with E-state index in [0.29, 0.717) is 36.4 Å². The molecule has 0 bridgehead atoms. The van der Waals surface area contributed by atoms with Crippen LogP contribution in [0.5, 0.6) is 0 Å². The van der Waals surface area contributed by atoms with Crippen LogP contribution in [-0.2, 0) is 9.53 Å². The van der Waals surface area contributed by atoms with Crippen molar-refractivity contribution in [2.45, 2.75) is 25.7 Å². The molecular weight excluding hydrogens is 387 g/mol. The molecule has 6 nitrogen and oxygen atoms in total. The highest BCUT2D eigenvalue weighted by atomic mass is 19.1. The first-order chi connectivity index (χ1) is 14.5. The van der Waals surface area contributed by atoms with E-state index in [9.17, 15) is 14.0 Å². The molecule has 30 heavy (non-hydrogen) atoms. The molecule has 0 aromatic heterocycles. The van der Waals surface area contributed by atoms with Crippen LogP contribution < -0.4 is 10.2 Å². The van der Waals surface area contributed by atoms with Gasteiger partial charge in [-0.15, -0.1) is 0 Å². The number of aliphatic carboxylic acids is 1. The summed E-state index contributed by atoms with van der Waals surface area (Å²) in [6.07, 6.45) is 3.84. The standard InChI is InChI=1S/C23H27FN2O4/c24-19-10-12-21(13-11-19)26(20-4-2-1-3-5-20)23(29)25-14-17-6-8-18(9-7-17)15-30-16-22(27)28/h1-5,10-13,17-18H,6-9,14-16H2,(H,25,29)(H,27,28). The number of carbonyl (C=O) groups excluding carboxylic acids is 1. The molecule has 160 valence electrons. The molecule has 0 spiro atoms. The maximum atomic E-state index is 13.3. The van der Waals surface area contributed by atoms with E-state index < -0.39 is 5.97 Å². The van der Waals surface area contributed by atoms with Crippen LogP contribution in [0, 0.1) is 17.7 Å². The lowest BCUT2D eigenvalue weighted by Gasteiger charge is -2.29. The van der Waals surface area contributed by atoms with Crippen LogP contribution >= 0.6 is 0 Å². The fourth-order valence-electron chi connectivity index (χ4n) is 3.78. The number of para-hydroxylation sites is 1. The second-order valence-corrected chi connectivity index (χ2v) is 7.63. The zero-order valence-electron chi connectivity index (χ0n) is 16.8. The minimum Gasteiger partial charge on any atom is -0.480 e. The summed E-state index contributed by atoms with van der Waals surface area (Å²) in [5.41, 5.74) is 1.31. The van der Waals surface area contributed by atoms with Gasteiger partial charge in [0.25, 0.3) is 0 Å². The molecule has 3 rings (SSSR count). The van der Waals surface area contributed by atoms with Crippen molar-refractivity contribution in [3.63, 3.8) is 0 Å². The molecule has 0 aliphatic heterocycles. The maximum Gasteiger partial charge on any atom is 0.329 e. The molecule has 1 aliphatic rings. The van der Waals surface area contributed by atoms with Crippen molar-refractivity contribution < 1.29 is 23.8 Å². The first kappa shape index (κ1) is 21.8. The van der Waals surface area contributed by atoms with Crippen LogP contribution in [0.1, 0.15) is 25.7 Å². The summed E-state index contributed by atoms with van der Waals surface area (Å²) in [4.78, 5) is 25.1. The lowest BCUT2D eigenvalue weighted by atomic mass is 9.82. The molecule has 0 heterocycles. The smallest absolute Gasteiger partial charge is 0.329 e. The predicted octanol–water partition coefficient (Wildman–Crippen LogP) is 4.58. The van der Waals surface area contributed by atoms with Gasteiger partial charge < -0.3 is 15.2 Å². The Hall–Kier alpha value is -2.93. The number of halogens is 1. The highest BCUT2D eigenvalue weighted by molar-refractivity contribution is 5.99. The number of hydrogen-bond donors (Lipinski definition) is 2. The van der Waals surface area contributed by atoms with E-state index in [4.69, 9.17) is 9.84 Å². The van der Waals surface area contributed by atoms with Gasteiger partial charge >= 0.3 is 12.0 Å². The molecule has 2 aromatic carbocycles. The molecule has 1 fully saturated rings. The van der Waals surface area contributed by atoms with Gasteiger partial charge in [-0.1, -0.05) is 18.2 Å². The average Bonchev–Trinajstić information content (AvgIpc) is 2.75.